The lowest BCUT2D eigenvalue weighted by Crippen LogP contribution is -2.22. The Bertz CT molecular complexity index is 136. The van der Waals surface area contributed by atoms with Crippen LogP contribution in [0.3, 0.4) is 0 Å². The van der Waals surface area contributed by atoms with E-state index in [0.717, 1.165) is 0 Å². The molecule has 1 atom stereocenters. The molecule has 0 heterocycles. The third kappa shape index (κ3) is 8.82. The fraction of sp³-hybridized carbons (Fsp3) is 0.500. The largest absolute Gasteiger partial charge is 0.481 e. The van der Waals surface area contributed by atoms with Gasteiger partial charge in [0, 0.05) is 0 Å². The number of rotatable bonds is 3. The van der Waals surface area contributed by atoms with E-state index >= 15 is 0 Å². The number of aliphatic carboxylic acids is 2. The standard InChI is InChI=1S/C4H6O5.2H3N/c5-2(4(8)9)1-3(6)7;;/h2,5H,1H2,(H,6,7)(H,8,9);2*1H3/t2-;;/m1../s1. The van der Waals surface area contributed by atoms with Crippen molar-refractivity contribution >= 4 is 11.9 Å². The summed E-state index contributed by atoms with van der Waals surface area (Å²) < 4.78 is 0. The number of hydrogen-bond donors (Lipinski definition) is 5. The third-order valence-electron chi connectivity index (χ3n) is 0.653. The van der Waals surface area contributed by atoms with Gasteiger partial charge in [0.25, 0.3) is 0 Å². The van der Waals surface area contributed by atoms with E-state index in [0.29, 0.717) is 0 Å². The van der Waals surface area contributed by atoms with Gasteiger partial charge in [-0.05, 0) is 0 Å². The number of aliphatic hydroxyl groups is 1. The van der Waals surface area contributed by atoms with Gasteiger partial charge in [-0.25, -0.2) is 4.79 Å². The molecule has 11 heavy (non-hydrogen) atoms. The van der Waals surface area contributed by atoms with Gasteiger partial charge in [0.1, 0.15) is 0 Å². The predicted molar refractivity (Wildman–Crippen MR) is 35.9 cm³/mol. The van der Waals surface area contributed by atoms with Crippen LogP contribution < -0.4 is 12.3 Å². The fourth-order valence-electron chi connectivity index (χ4n) is 0.253. The van der Waals surface area contributed by atoms with Crippen molar-refractivity contribution in [1.82, 2.24) is 12.3 Å². The van der Waals surface area contributed by atoms with E-state index in [1.807, 2.05) is 0 Å². The lowest BCUT2D eigenvalue weighted by molar-refractivity contribution is -0.152. The van der Waals surface area contributed by atoms with Gasteiger partial charge in [-0.3, -0.25) is 4.79 Å². The van der Waals surface area contributed by atoms with Crippen LogP contribution in [-0.4, -0.2) is 33.4 Å². The van der Waals surface area contributed by atoms with Gasteiger partial charge in [0.2, 0.25) is 0 Å². The van der Waals surface area contributed by atoms with Crippen molar-refractivity contribution in [3.63, 3.8) is 0 Å². The highest BCUT2D eigenvalue weighted by molar-refractivity contribution is 5.79. The minimum Gasteiger partial charge on any atom is -0.481 e. The van der Waals surface area contributed by atoms with Crippen LogP contribution in [0.2, 0.25) is 0 Å². The molecule has 0 aromatic heterocycles. The second kappa shape index (κ2) is 6.93. The van der Waals surface area contributed by atoms with Crippen LogP contribution in [0.1, 0.15) is 6.42 Å². The molecule has 0 saturated heterocycles. The summed E-state index contributed by atoms with van der Waals surface area (Å²) in [4.78, 5) is 19.4. The Morgan fingerprint density at radius 1 is 1.18 bits per heavy atom. The van der Waals surface area contributed by atoms with Gasteiger partial charge >= 0.3 is 11.9 Å². The van der Waals surface area contributed by atoms with Gasteiger partial charge in [-0.2, -0.15) is 0 Å². The zero-order valence-electron chi connectivity index (χ0n) is 5.86. The summed E-state index contributed by atoms with van der Waals surface area (Å²) in [6.07, 6.45) is -2.54. The summed E-state index contributed by atoms with van der Waals surface area (Å²) in [5, 5.41) is 24.1. The van der Waals surface area contributed by atoms with Crippen molar-refractivity contribution in [3.05, 3.63) is 0 Å². The summed E-state index contributed by atoms with van der Waals surface area (Å²) in [5.74, 6) is -2.85. The number of hydrogen-bond acceptors (Lipinski definition) is 5. The maximum absolute atomic E-state index is 9.72. The van der Waals surface area contributed by atoms with Crippen LogP contribution in [0.25, 0.3) is 0 Å². The average molecular weight is 168 g/mol. The summed E-state index contributed by atoms with van der Waals surface area (Å²) in [5.41, 5.74) is 0. The number of carboxylic acids is 2. The molecule has 7 nitrogen and oxygen atoms in total. The molecule has 0 saturated carbocycles. The van der Waals surface area contributed by atoms with Crippen LogP contribution in [0.15, 0.2) is 0 Å². The lowest BCUT2D eigenvalue weighted by atomic mass is 10.3. The smallest absolute Gasteiger partial charge is 0.333 e. The van der Waals surface area contributed by atoms with Crippen LogP contribution in [0, 0.1) is 0 Å². The van der Waals surface area contributed by atoms with Crippen molar-refractivity contribution in [2.24, 2.45) is 0 Å². The van der Waals surface area contributed by atoms with Crippen LogP contribution in [0.5, 0.6) is 0 Å². The van der Waals surface area contributed by atoms with Crippen LogP contribution in [-0.2, 0) is 9.59 Å². The summed E-state index contributed by atoms with van der Waals surface area (Å²) in [6, 6.07) is 0. The first-order valence-corrected chi connectivity index (χ1v) is 2.16. The molecule has 0 aliphatic carbocycles. The SMILES string of the molecule is N.N.O=C(O)C[C@@H](O)C(=O)O. The monoisotopic (exact) mass is 168 g/mol. The molecule has 0 spiro atoms. The minimum absolute atomic E-state index is 0. The summed E-state index contributed by atoms with van der Waals surface area (Å²) in [6.45, 7) is 0. The van der Waals surface area contributed by atoms with Crippen molar-refractivity contribution in [2.75, 3.05) is 0 Å². The molecular formula is C4H12N2O5. The summed E-state index contributed by atoms with van der Waals surface area (Å²) >= 11 is 0. The van der Waals surface area contributed by atoms with E-state index in [1.165, 1.54) is 0 Å². The van der Waals surface area contributed by atoms with E-state index in [1.54, 1.807) is 0 Å². The zero-order chi connectivity index (χ0) is 7.44. The Labute approximate surface area is 62.8 Å². The topological polar surface area (TPSA) is 165 Å². The molecule has 0 aliphatic rings. The maximum atomic E-state index is 9.72. The maximum Gasteiger partial charge on any atom is 0.333 e. The lowest BCUT2D eigenvalue weighted by Gasteiger charge is -1.97. The molecule has 0 rings (SSSR count). The van der Waals surface area contributed by atoms with E-state index < -0.39 is 24.5 Å². The molecule has 0 unspecified atom stereocenters. The van der Waals surface area contributed by atoms with E-state index in [2.05, 4.69) is 0 Å². The molecule has 0 fully saturated rings. The quantitative estimate of drug-likeness (QED) is 0.369. The molecule has 68 valence electrons. The Hall–Kier alpha value is -1.18. The average Bonchev–Trinajstić information content (AvgIpc) is 1.63. The Balaban J connectivity index is -0.000000320. The second-order valence-electron chi connectivity index (χ2n) is 1.45. The van der Waals surface area contributed by atoms with Crippen molar-refractivity contribution in [3.8, 4) is 0 Å². The van der Waals surface area contributed by atoms with Crippen molar-refractivity contribution in [2.45, 2.75) is 12.5 Å². The first-order chi connectivity index (χ1) is 4.04. The van der Waals surface area contributed by atoms with Gasteiger partial charge in [-0.1, -0.05) is 0 Å². The molecule has 0 amide bonds. The minimum atomic E-state index is -1.79. The van der Waals surface area contributed by atoms with Crippen molar-refractivity contribution < 1.29 is 24.9 Å². The van der Waals surface area contributed by atoms with Crippen LogP contribution >= 0.6 is 0 Å². The normalized spacial score (nSPS) is 10.3. The van der Waals surface area contributed by atoms with E-state index in [4.69, 9.17) is 15.3 Å². The molecule has 0 radical (unpaired) electrons. The van der Waals surface area contributed by atoms with Crippen LogP contribution in [0.4, 0.5) is 0 Å². The third-order valence-corrected chi connectivity index (χ3v) is 0.653. The molecule has 0 aromatic carbocycles. The Morgan fingerprint density at radius 3 is 1.64 bits per heavy atom. The Kier molecular flexibility index (Phi) is 10.4. The molecule has 7 heteroatoms. The van der Waals surface area contributed by atoms with Gasteiger partial charge in [0.15, 0.2) is 6.10 Å². The zero-order valence-corrected chi connectivity index (χ0v) is 5.86. The van der Waals surface area contributed by atoms with Crippen molar-refractivity contribution in [1.29, 1.82) is 0 Å². The Morgan fingerprint density at radius 2 is 1.55 bits per heavy atom. The van der Waals surface area contributed by atoms with Gasteiger partial charge in [-0.15, -0.1) is 0 Å². The highest BCUT2D eigenvalue weighted by Gasteiger charge is 2.16. The first kappa shape index (κ1) is 16.4. The highest BCUT2D eigenvalue weighted by Crippen LogP contribution is 1.89. The second-order valence-corrected chi connectivity index (χ2v) is 1.45. The van der Waals surface area contributed by atoms with E-state index in [-0.39, 0.29) is 12.3 Å². The van der Waals surface area contributed by atoms with E-state index in [9.17, 15) is 9.59 Å². The molecule has 9 N–H and O–H groups in total. The first-order valence-electron chi connectivity index (χ1n) is 2.16. The molecule has 0 aromatic rings. The summed E-state index contributed by atoms with van der Waals surface area (Å²) in [7, 11) is 0. The number of carboxylic acid groups (broad SMARTS) is 2. The van der Waals surface area contributed by atoms with Gasteiger partial charge < -0.3 is 27.6 Å². The number of aliphatic hydroxyl groups excluding tert-OH is 1. The van der Waals surface area contributed by atoms with Gasteiger partial charge in [0.05, 0.1) is 6.42 Å². The molecular weight excluding hydrogens is 156 g/mol. The fourth-order valence-corrected chi connectivity index (χ4v) is 0.253. The molecule has 0 aliphatic heterocycles. The number of carbonyl (C=O) groups is 2. The predicted octanol–water partition coefficient (Wildman–Crippen LogP) is -0.769. The molecule has 0 bridgehead atoms. The highest BCUT2D eigenvalue weighted by atomic mass is 16.4.